The Hall–Kier alpha value is -0.860. The van der Waals surface area contributed by atoms with E-state index in [2.05, 4.69) is 12.1 Å². The zero-order chi connectivity index (χ0) is 11.6. The van der Waals surface area contributed by atoms with Gasteiger partial charge in [0.1, 0.15) is 0 Å². The van der Waals surface area contributed by atoms with E-state index in [0.717, 1.165) is 25.7 Å². The van der Waals surface area contributed by atoms with E-state index in [9.17, 15) is 10.2 Å². The van der Waals surface area contributed by atoms with E-state index in [1.54, 1.807) is 0 Å². The fourth-order valence-electron chi connectivity index (χ4n) is 2.66. The molecule has 1 saturated carbocycles. The summed E-state index contributed by atoms with van der Waals surface area (Å²) in [5.41, 5.74) is 0.796. The molecule has 0 saturated heterocycles. The van der Waals surface area contributed by atoms with E-state index in [-0.39, 0.29) is 5.41 Å². The lowest BCUT2D eigenvalue weighted by Crippen LogP contribution is -2.47. The van der Waals surface area contributed by atoms with Crippen LogP contribution in [0.3, 0.4) is 0 Å². The quantitative estimate of drug-likeness (QED) is 0.801. The van der Waals surface area contributed by atoms with Crippen LogP contribution >= 0.6 is 0 Å². The lowest BCUT2D eigenvalue weighted by Gasteiger charge is -2.42. The van der Waals surface area contributed by atoms with Crippen molar-refractivity contribution in [1.29, 1.82) is 0 Å². The largest absolute Gasteiger partial charge is 0.392 e. The van der Waals surface area contributed by atoms with E-state index < -0.39 is 12.2 Å². The summed E-state index contributed by atoms with van der Waals surface area (Å²) in [5.74, 6) is 0. The van der Waals surface area contributed by atoms with Gasteiger partial charge in [-0.15, -0.1) is 0 Å². The van der Waals surface area contributed by atoms with Gasteiger partial charge in [-0.3, -0.25) is 0 Å². The lowest BCUT2D eigenvalue weighted by atomic mass is 9.68. The molecule has 0 amide bonds. The Labute approximate surface area is 96.9 Å². The zero-order valence-electron chi connectivity index (χ0n) is 9.76. The lowest BCUT2D eigenvalue weighted by molar-refractivity contribution is -0.0892. The topological polar surface area (TPSA) is 40.5 Å². The highest BCUT2D eigenvalue weighted by atomic mass is 16.3. The molecule has 0 bridgehead atoms. The van der Waals surface area contributed by atoms with Gasteiger partial charge in [0.05, 0.1) is 12.2 Å². The molecule has 1 aliphatic rings. The van der Waals surface area contributed by atoms with Crippen molar-refractivity contribution in [2.75, 3.05) is 0 Å². The molecular weight excluding hydrogens is 200 g/mol. The third kappa shape index (κ3) is 2.13. The maximum absolute atomic E-state index is 10.1. The van der Waals surface area contributed by atoms with Gasteiger partial charge in [0.15, 0.2) is 0 Å². The number of hydrogen-bond donors (Lipinski definition) is 2. The van der Waals surface area contributed by atoms with Gasteiger partial charge in [-0.2, -0.15) is 0 Å². The van der Waals surface area contributed by atoms with Crippen molar-refractivity contribution in [2.24, 2.45) is 5.41 Å². The van der Waals surface area contributed by atoms with E-state index >= 15 is 0 Å². The third-order valence-corrected chi connectivity index (χ3v) is 3.91. The highest BCUT2D eigenvalue weighted by Crippen LogP contribution is 2.39. The standard InChI is InChI=1S/C14H20O2/c1-14(10-11-6-3-2-4-7-11)12(15)8-5-9-13(14)16/h2-4,6-7,12-13,15-16H,5,8-10H2,1H3. The summed E-state index contributed by atoms with van der Waals surface area (Å²) in [5, 5.41) is 20.2. The molecule has 0 heterocycles. The van der Waals surface area contributed by atoms with Crippen LogP contribution in [0.1, 0.15) is 31.7 Å². The van der Waals surface area contributed by atoms with E-state index in [4.69, 9.17) is 0 Å². The van der Waals surface area contributed by atoms with Crippen LogP contribution in [0.2, 0.25) is 0 Å². The highest BCUT2D eigenvalue weighted by molar-refractivity contribution is 5.17. The molecule has 88 valence electrons. The van der Waals surface area contributed by atoms with Gasteiger partial charge >= 0.3 is 0 Å². The van der Waals surface area contributed by atoms with Crippen LogP contribution in [0.15, 0.2) is 30.3 Å². The van der Waals surface area contributed by atoms with Crippen LogP contribution in [-0.4, -0.2) is 22.4 Å². The van der Waals surface area contributed by atoms with Crippen LogP contribution in [0.5, 0.6) is 0 Å². The minimum absolute atomic E-state index is 0.389. The molecule has 0 aliphatic heterocycles. The van der Waals surface area contributed by atoms with Crippen molar-refractivity contribution in [3.05, 3.63) is 35.9 Å². The molecule has 16 heavy (non-hydrogen) atoms. The first-order chi connectivity index (χ1) is 7.63. The summed E-state index contributed by atoms with van der Waals surface area (Å²) in [6, 6.07) is 10.1. The van der Waals surface area contributed by atoms with Gasteiger partial charge in [0.25, 0.3) is 0 Å². The summed E-state index contributed by atoms with van der Waals surface area (Å²) in [6.45, 7) is 1.99. The molecule has 0 radical (unpaired) electrons. The molecule has 2 rings (SSSR count). The van der Waals surface area contributed by atoms with Crippen molar-refractivity contribution in [3.63, 3.8) is 0 Å². The van der Waals surface area contributed by atoms with E-state index in [0.29, 0.717) is 0 Å². The Morgan fingerprint density at radius 3 is 2.25 bits per heavy atom. The molecular formula is C14H20O2. The molecule has 1 fully saturated rings. The molecule has 2 nitrogen and oxygen atoms in total. The van der Waals surface area contributed by atoms with Crippen LogP contribution in [-0.2, 0) is 6.42 Å². The first kappa shape index (κ1) is 11.6. The smallest absolute Gasteiger partial charge is 0.0621 e. The van der Waals surface area contributed by atoms with Crippen molar-refractivity contribution in [2.45, 2.75) is 44.8 Å². The number of rotatable bonds is 2. The molecule has 2 heteroatoms. The molecule has 0 spiro atoms. The Morgan fingerprint density at radius 2 is 1.69 bits per heavy atom. The first-order valence-corrected chi connectivity index (χ1v) is 6.03. The number of benzene rings is 1. The van der Waals surface area contributed by atoms with Gasteiger partial charge in [0.2, 0.25) is 0 Å². The maximum atomic E-state index is 10.1. The number of aliphatic hydroxyl groups excluding tert-OH is 2. The summed E-state index contributed by atoms with van der Waals surface area (Å²) < 4.78 is 0. The summed E-state index contributed by atoms with van der Waals surface area (Å²) in [7, 11) is 0. The van der Waals surface area contributed by atoms with E-state index in [1.165, 1.54) is 5.56 Å². The molecule has 2 N–H and O–H groups in total. The average Bonchev–Trinajstić information content (AvgIpc) is 2.28. The number of hydrogen-bond acceptors (Lipinski definition) is 2. The van der Waals surface area contributed by atoms with Gasteiger partial charge in [-0.05, 0) is 31.2 Å². The predicted octanol–water partition coefficient (Wildman–Crippen LogP) is 2.14. The Bertz CT molecular complexity index is 324. The van der Waals surface area contributed by atoms with Gasteiger partial charge in [-0.25, -0.2) is 0 Å². The average molecular weight is 220 g/mol. The van der Waals surface area contributed by atoms with Crippen molar-refractivity contribution in [1.82, 2.24) is 0 Å². The van der Waals surface area contributed by atoms with Crippen LogP contribution in [0, 0.1) is 5.41 Å². The minimum atomic E-state index is -0.392. The fraction of sp³-hybridized carbons (Fsp3) is 0.571. The Balaban J connectivity index is 2.17. The normalized spacial score (nSPS) is 34.9. The number of aliphatic hydroxyl groups is 2. The minimum Gasteiger partial charge on any atom is -0.392 e. The Morgan fingerprint density at radius 1 is 1.12 bits per heavy atom. The SMILES string of the molecule is CC1(Cc2ccccc2)C(O)CCCC1O. The molecule has 1 aliphatic carbocycles. The molecule has 0 aromatic heterocycles. The molecule has 1 aromatic carbocycles. The predicted molar refractivity (Wildman–Crippen MR) is 64.1 cm³/mol. The maximum Gasteiger partial charge on any atom is 0.0621 e. The van der Waals surface area contributed by atoms with Gasteiger partial charge < -0.3 is 10.2 Å². The van der Waals surface area contributed by atoms with Crippen LogP contribution in [0.25, 0.3) is 0 Å². The van der Waals surface area contributed by atoms with E-state index in [1.807, 2.05) is 25.1 Å². The summed E-state index contributed by atoms with van der Waals surface area (Å²) in [4.78, 5) is 0. The molecule has 2 unspecified atom stereocenters. The van der Waals surface area contributed by atoms with Crippen molar-refractivity contribution in [3.8, 4) is 0 Å². The molecule has 2 atom stereocenters. The third-order valence-electron chi connectivity index (χ3n) is 3.91. The second-order valence-corrected chi connectivity index (χ2v) is 5.13. The van der Waals surface area contributed by atoms with Crippen molar-refractivity contribution < 1.29 is 10.2 Å². The molecule has 1 aromatic rings. The van der Waals surface area contributed by atoms with Crippen molar-refractivity contribution >= 4 is 0 Å². The summed E-state index contributed by atoms with van der Waals surface area (Å²) >= 11 is 0. The fourth-order valence-corrected chi connectivity index (χ4v) is 2.66. The van der Waals surface area contributed by atoms with Gasteiger partial charge in [-0.1, -0.05) is 37.3 Å². The Kier molecular flexibility index (Phi) is 3.31. The van der Waals surface area contributed by atoms with Gasteiger partial charge in [0, 0.05) is 5.41 Å². The first-order valence-electron chi connectivity index (χ1n) is 6.03. The van der Waals surface area contributed by atoms with Crippen LogP contribution < -0.4 is 0 Å². The summed E-state index contributed by atoms with van der Waals surface area (Å²) in [6.07, 6.45) is 2.50. The second kappa shape index (κ2) is 4.56. The highest BCUT2D eigenvalue weighted by Gasteiger charge is 2.42. The zero-order valence-corrected chi connectivity index (χ0v) is 9.76. The monoisotopic (exact) mass is 220 g/mol. The van der Waals surface area contributed by atoms with Crippen LogP contribution in [0.4, 0.5) is 0 Å². The second-order valence-electron chi connectivity index (χ2n) is 5.13.